The molecule has 0 saturated carbocycles. The van der Waals surface area contributed by atoms with Crippen molar-refractivity contribution in [1.82, 2.24) is 9.97 Å². The molecule has 104 valence electrons. The SMILES string of the molecule is CSc1ncc(Cl)c(Nc2ccccc2NC(=O)O)n1. The lowest BCUT2D eigenvalue weighted by Crippen LogP contribution is -2.09. The summed E-state index contributed by atoms with van der Waals surface area (Å²) in [6.45, 7) is 0. The number of carbonyl (C=O) groups is 1. The van der Waals surface area contributed by atoms with E-state index in [9.17, 15) is 4.79 Å². The number of nitrogens with zero attached hydrogens (tertiary/aromatic N) is 2. The number of thioether (sulfide) groups is 1. The van der Waals surface area contributed by atoms with Crippen molar-refractivity contribution in [1.29, 1.82) is 0 Å². The van der Waals surface area contributed by atoms with Gasteiger partial charge in [0.05, 0.1) is 17.6 Å². The average Bonchev–Trinajstić information content (AvgIpc) is 2.43. The number of halogens is 1. The molecule has 0 saturated heterocycles. The molecule has 1 aromatic heterocycles. The Morgan fingerprint density at radius 1 is 1.35 bits per heavy atom. The molecule has 0 bridgehead atoms. The first-order valence-corrected chi connectivity index (χ1v) is 7.13. The molecule has 0 unspecified atom stereocenters. The van der Waals surface area contributed by atoms with Crippen molar-refractivity contribution in [3.8, 4) is 0 Å². The fraction of sp³-hybridized carbons (Fsp3) is 0.0833. The Labute approximate surface area is 124 Å². The first kappa shape index (κ1) is 14.4. The summed E-state index contributed by atoms with van der Waals surface area (Å²) in [4.78, 5) is 19.0. The molecule has 0 atom stereocenters. The van der Waals surface area contributed by atoms with Crippen LogP contribution >= 0.6 is 23.4 Å². The summed E-state index contributed by atoms with van der Waals surface area (Å²) >= 11 is 7.41. The Bertz CT molecular complexity index is 639. The van der Waals surface area contributed by atoms with Crippen molar-refractivity contribution in [3.63, 3.8) is 0 Å². The van der Waals surface area contributed by atoms with E-state index in [1.165, 1.54) is 18.0 Å². The molecule has 0 aliphatic carbocycles. The summed E-state index contributed by atoms with van der Waals surface area (Å²) in [5.41, 5.74) is 0.975. The highest BCUT2D eigenvalue weighted by molar-refractivity contribution is 7.98. The molecule has 0 aliphatic heterocycles. The van der Waals surface area contributed by atoms with E-state index in [1.54, 1.807) is 24.3 Å². The number of para-hydroxylation sites is 2. The molecule has 0 aliphatic rings. The van der Waals surface area contributed by atoms with Gasteiger partial charge in [-0.3, -0.25) is 5.32 Å². The maximum absolute atomic E-state index is 10.7. The maximum atomic E-state index is 10.7. The van der Waals surface area contributed by atoms with Crippen LogP contribution in [0.4, 0.5) is 22.0 Å². The third kappa shape index (κ3) is 3.52. The number of aromatic nitrogens is 2. The van der Waals surface area contributed by atoms with Crippen molar-refractivity contribution < 1.29 is 9.90 Å². The third-order valence-corrected chi connectivity index (χ3v) is 3.16. The number of carboxylic acid groups (broad SMARTS) is 1. The minimum atomic E-state index is -1.14. The summed E-state index contributed by atoms with van der Waals surface area (Å²) in [6, 6.07) is 6.87. The van der Waals surface area contributed by atoms with Crippen molar-refractivity contribution in [2.45, 2.75) is 5.16 Å². The highest BCUT2D eigenvalue weighted by atomic mass is 35.5. The van der Waals surface area contributed by atoms with Crippen molar-refractivity contribution >= 4 is 46.6 Å². The Morgan fingerprint density at radius 2 is 2.05 bits per heavy atom. The monoisotopic (exact) mass is 310 g/mol. The lowest BCUT2D eigenvalue weighted by molar-refractivity contribution is 0.210. The minimum Gasteiger partial charge on any atom is -0.465 e. The van der Waals surface area contributed by atoms with E-state index in [2.05, 4.69) is 20.6 Å². The largest absolute Gasteiger partial charge is 0.465 e. The Balaban J connectivity index is 2.32. The molecule has 1 heterocycles. The van der Waals surface area contributed by atoms with Crippen LogP contribution < -0.4 is 10.6 Å². The lowest BCUT2D eigenvalue weighted by Gasteiger charge is -2.12. The second-order valence-electron chi connectivity index (χ2n) is 3.65. The predicted octanol–water partition coefficient (Wildman–Crippen LogP) is 3.69. The van der Waals surface area contributed by atoms with Gasteiger partial charge in [-0.05, 0) is 18.4 Å². The summed E-state index contributed by atoms with van der Waals surface area (Å²) in [5.74, 6) is 0.422. The van der Waals surface area contributed by atoms with Crippen LogP contribution in [0, 0.1) is 0 Å². The quantitative estimate of drug-likeness (QED) is 0.590. The fourth-order valence-electron chi connectivity index (χ4n) is 1.48. The highest BCUT2D eigenvalue weighted by Crippen LogP contribution is 2.28. The predicted molar refractivity (Wildman–Crippen MR) is 80.2 cm³/mol. The van der Waals surface area contributed by atoms with E-state index in [4.69, 9.17) is 16.7 Å². The summed E-state index contributed by atoms with van der Waals surface area (Å²) in [7, 11) is 0. The number of rotatable bonds is 4. The normalized spacial score (nSPS) is 10.1. The van der Waals surface area contributed by atoms with Gasteiger partial charge in [-0.2, -0.15) is 0 Å². The van der Waals surface area contributed by atoms with Gasteiger partial charge in [0, 0.05) is 0 Å². The number of nitrogens with one attached hydrogen (secondary N) is 2. The molecule has 6 nitrogen and oxygen atoms in total. The van der Waals surface area contributed by atoms with Crippen LogP contribution in [-0.4, -0.2) is 27.4 Å². The van der Waals surface area contributed by atoms with E-state index >= 15 is 0 Å². The highest BCUT2D eigenvalue weighted by Gasteiger charge is 2.09. The zero-order chi connectivity index (χ0) is 14.5. The number of hydrogen-bond acceptors (Lipinski definition) is 5. The number of anilines is 3. The van der Waals surface area contributed by atoms with Crippen molar-refractivity contribution in [2.24, 2.45) is 0 Å². The summed E-state index contributed by atoms with van der Waals surface area (Å²) in [5, 5.41) is 15.0. The topological polar surface area (TPSA) is 87.1 Å². The van der Waals surface area contributed by atoms with Crippen LogP contribution in [0.3, 0.4) is 0 Å². The molecule has 3 N–H and O–H groups in total. The van der Waals surface area contributed by atoms with Gasteiger partial charge in [-0.25, -0.2) is 14.8 Å². The van der Waals surface area contributed by atoms with Crippen LogP contribution in [0.25, 0.3) is 0 Å². The second-order valence-corrected chi connectivity index (χ2v) is 4.83. The molecule has 0 radical (unpaired) electrons. The molecular formula is C12H11ClN4O2S. The first-order chi connectivity index (χ1) is 9.60. The van der Waals surface area contributed by atoms with Gasteiger partial charge in [-0.1, -0.05) is 35.5 Å². The molecule has 1 amide bonds. The second kappa shape index (κ2) is 6.44. The number of benzene rings is 1. The number of hydrogen-bond donors (Lipinski definition) is 3. The fourth-order valence-corrected chi connectivity index (χ4v) is 1.96. The molecule has 0 fully saturated rings. The van der Waals surface area contributed by atoms with E-state index in [0.29, 0.717) is 27.4 Å². The van der Waals surface area contributed by atoms with Crippen LogP contribution in [-0.2, 0) is 0 Å². The summed E-state index contributed by atoms with van der Waals surface area (Å²) < 4.78 is 0. The maximum Gasteiger partial charge on any atom is 0.409 e. The van der Waals surface area contributed by atoms with Crippen molar-refractivity contribution in [3.05, 3.63) is 35.5 Å². The van der Waals surface area contributed by atoms with E-state index < -0.39 is 6.09 Å². The zero-order valence-corrected chi connectivity index (χ0v) is 12.0. The standard InChI is InChI=1S/C12H11ClN4O2S/c1-20-11-14-6-7(13)10(17-11)15-8-4-2-3-5-9(8)16-12(18)19/h2-6,16H,1H3,(H,18,19)(H,14,15,17). The van der Waals surface area contributed by atoms with Gasteiger partial charge in [0.15, 0.2) is 11.0 Å². The van der Waals surface area contributed by atoms with Crippen LogP contribution in [0.15, 0.2) is 35.6 Å². The van der Waals surface area contributed by atoms with Gasteiger partial charge >= 0.3 is 6.09 Å². The molecule has 1 aromatic carbocycles. The van der Waals surface area contributed by atoms with Gasteiger partial charge in [0.1, 0.15) is 5.02 Å². The van der Waals surface area contributed by atoms with Gasteiger partial charge in [0.25, 0.3) is 0 Å². The molecule has 8 heteroatoms. The van der Waals surface area contributed by atoms with Gasteiger partial charge < -0.3 is 10.4 Å². The average molecular weight is 311 g/mol. The Hall–Kier alpha value is -1.99. The first-order valence-electron chi connectivity index (χ1n) is 5.52. The van der Waals surface area contributed by atoms with Crippen LogP contribution in [0.2, 0.25) is 5.02 Å². The molecular weight excluding hydrogens is 300 g/mol. The zero-order valence-electron chi connectivity index (χ0n) is 10.4. The Kier molecular flexibility index (Phi) is 4.65. The third-order valence-electron chi connectivity index (χ3n) is 2.33. The minimum absolute atomic E-state index is 0.355. The Morgan fingerprint density at radius 3 is 2.70 bits per heavy atom. The van der Waals surface area contributed by atoms with Gasteiger partial charge in [0.2, 0.25) is 0 Å². The molecule has 20 heavy (non-hydrogen) atoms. The smallest absolute Gasteiger partial charge is 0.409 e. The van der Waals surface area contributed by atoms with Crippen LogP contribution in [0.1, 0.15) is 0 Å². The lowest BCUT2D eigenvalue weighted by atomic mass is 10.2. The van der Waals surface area contributed by atoms with E-state index in [-0.39, 0.29) is 0 Å². The van der Waals surface area contributed by atoms with Crippen LogP contribution in [0.5, 0.6) is 0 Å². The van der Waals surface area contributed by atoms with E-state index in [1.807, 2.05) is 6.26 Å². The number of amides is 1. The molecule has 0 spiro atoms. The molecule has 2 rings (SSSR count). The van der Waals surface area contributed by atoms with Gasteiger partial charge in [-0.15, -0.1) is 0 Å². The molecule has 2 aromatic rings. The van der Waals surface area contributed by atoms with Crippen molar-refractivity contribution in [2.75, 3.05) is 16.9 Å². The summed E-state index contributed by atoms with van der Waals surface area (Å²) in [6.07, 6.45) is 2.21. The van der Waals surface area contributed by atoms with E-state index in [0.717, 1.165) is 0 Å².